The lowest BCUT2D eigenvalue weighted by molar-refractivity contribution is 0.376. The van der Waals surface area contributed by atoms with Crippen molar-refractivity contribution in [3.05, 3.63) is 11.7 Å². The van der Waals surface area contributed by atoms with E-state index >= 15 is 0 Å². The minimum Gasteiger partial charge on any atom is -0.340 e. The van der Waals surface area contributed by atoms with Gasteiger partial charge in [0.1, 0.15) is 0 Å². The lowest BCUT2D eigenvalue weighted by Gasteiger charge is -2.16. The monoisotopic (exact) mass is 211 g/mol. The van der Waals surface area contributed by atoms with E-state index in [9.17, 15) is 0 Å². The van der Waals surface area contributed by atoms with Crippen molar-refractivity contribution in [2.45, 2.75) is 53.1 Å². The molecule has 1 N–H and O–H groups in total. The van der Waals surface area contributed by atoms with Crippen LogP contribution in [0.2, 0.25) is 0 Å². The first kappa shape index (κ1) is 12.2. The Morgan fingerprint density at radius 3 is 2.67 bits per heavy atom. The molecule has 1 rings (SSSR count). The third kappa shape index (κ3) is 4.42. The zero-order chi connectivity index (χ0) is 11.3. The maximum absolute atomic E-state index is 4.90. The molecule has 1 aromatic heterocycles. The molecule has 0 amide bonds. The summed E-state index contributed by atoms with van der Waals surface area (Å²) in [7, 11) is 0. The van der Waals surface area contributed by atoms with E-state index < -0.39 is 0 Å². The maximum Gasteiger partial charge on any atom is 0.223 e. The van der Waals surface area contributed by atoms with E-state index in [0.717, 1.165) is 11.7 Å². The number of rotatable bonds is 6. The van der Waals surface area contributed by atoms with Crippen LogP contribution < -0.4 is 5.32 Å². The molecule has 0 aliphatic rings. The van der Waals surface area contributed by atoms with Crippen molar-refractivity contribution in [1.29, 1.82) is 0 Å². The minimum absolute atomic E-state index is 0.499. The summed E-state index contributed by atoms with van der Waals surface area (Å²) in [4.78, 5) is 4.14. The van der Waals surface area contributed by atoms with Gasteiger partial charge in [-0.15, -0.1) is 0 Å². The van der Waals surface area contributed by atoms with Gasteiger partial charge in [0.15, 0.2) is 5.82 Å². The van der Waals surface area contributed by atoms with Crippen molar-refractivity contribution in [3.8, 4) is 0 Å². The van der Waals surface area contributed by atoms with E-state index in [4.69, 9.17) is 4.52 Å². The molecule has 0 aliphatic heterocycles. The second kappa shape index (κ2) is 5.85. The van der Waals surface area contributed by atoms with Crippen LogP contribution in [0.15, 0.2) is 4.52 Å². The molecule has 2 unspecified atom stereocenters. The summed E-state index contributed by atoms with van der Waals surface area (Å²) in [6.45, 7) is 9.18. The first-order chi connectivity index (χ1) is 7.11. The summed E-state index contributed by atoms with van der Waals surface area (Å²) in [6.07, 6.45) is 2.42. The molecule has 0 fully saturated rings. The van der Waals surface area contributed by atoms with E-state index in [-0.39, 0.29) is 0 Å². The minimum atomic E-state index is 0.499. The molecule has 0 radical (unpaired) electrons. The highest BCUT2D eigenvalue weighted by Crippen LogP contribution is 2.09. The summed E-state index contributed by atoms with van der Waals surface area (Å²) in [5.74, 6) is 2.13. The van der Waals surface area contributed by atoms with Crippen molar-refractivity contribution >= 4 is 0 Å². The third-order valence-electron chi connectivity index (χ3n) is 2.63. The molecule has 4 nitrogen and oxygen atoms in total. The average molecular weight is 211 g/mol. The standard InChI is InChI=1S/C11H21N3O/c1-5-8(2)6-9(3)12-7-11-13-10(4)15-14-11/h8-9,12H,5-7H2,1-4H3. The fourth-order valence-electron chi connectivity index (χ4n) is 1.53. The second-order valence-corrected chi connectivity index (χ2v) is 4.26. The van der Waals surface area contributed by atoms with Crippen molar-refractivity contribution in [2.24, 2.45) is 5.92 Å². The van der Waals surface area contributed by atoms with Crippen LogP contribution in [0.4, 0.5) is 0 Å². The largest absolute Gasteiger partial charge is 0.340 e. The van der Waals surface area contributed by atoms with Gasteiger partial charge in [-0.2, -0.15) is 4.98 Å². The van der Waals surface area contributed by atoms with Gasteiger partial charge in [0.25, 0.3) is 0 Å². The summed E-state index contributed by atoms with van der Waals surface area (Å²) >= 11 is 0. The number of nitrogens with zero attached hydrogens (tertiary/aromatic N) is 2. The zero-order valence-electron chi connectivity index (χ0n) is 10.1. The lowest BCUT2D eigenvalue weighted by atomic mass is 10.0. The molecule has 0 saturated heterocycles. The summed E-state index contributed by atoms with van der Waals surface area (Å²) < 4.78 is 4.90. The smallest absolute Gasteiger partial charge is 0.223 e. The molecule has 15 heavy (non-hydrogen) atoms. The summed E-state index contributed by atoms with van der Waals surface area (Å²) in [5.41, 5.74) is 0. The van der Waals surface area contributed by atoms with E-state index in [2.05, 4.69) is 36.2 Å². The van der Waals surface area contributed by atoms with Crippen LogP contribution in [-0.4, -0.2) is 16.2 Å². The molecule has 0 saturated carbocycles. The SMILES string of the molecule is CCC(C)CC(C)NCc1noc(C)n1. The van der Waals surface area contributed by atoms with Crippen molar-refractivity contribution < 1.29 is 4.52 Å². The fraction of sp³-hybridized carbons (Fsp3) is 0.818. The van der Waals surface area contributed by atoms with Crippen molar-refractivity contribution in [3.63, 3.8) is 0 Å². The Morgan fingerprint density at radius 1 is 1.40 bits per heavy atom. The van der Waals surface area contributed by atoms with Gasteiger partial charge in [-0.1, -0.05) is 25.4 Å². The van der Waals surface area contributed by atoms with Gasteiger partial charge >= 0.3 is 0 Å². The third-order valence-corrected chi connectivity index (χ3v) is 2.63. The van der Waals surface area contributed by atoms with Gasteiger partial charge in [-0.25, -0.2) is 0 Å². The van der Waals surface area contributed by atoms with Crippen molar-refractivity contribution in [1.82, 2.24) is 15.5 Å². The molecule has 4 heteroatoms. The van der Waals surface area contributed by atoms with Crippen molar-refractivity contribution in [2.75, 3.05) is 0 Å². The number of nitrogens with one attached hydrogen (secondary N) is 1. The Hall–Kier alpha value is -0.900. The highest BCUT2D eigenvalue weighted by molar-refractivity contribution is 4.83. The first-order valence-electron chi connectivity index (χ1n) is 5.64. The Balaban J connectivity index is 2.25. The predicted molar refractivity (Wildman–Crippen MR) is 59.4 cm³/mol. The van der Waals surface area contributed by atoms with Gasteiger partial charge in [0.2, 0.25) is 5.89 Å². The molecule has 86 valence electrons. The molecule has 0 bridgehead atoms. The Kier molecular flexibility index (Phi) is 4.75. The normalized spacial score (nSPS) is 15.2. The van der Waals surface area contributed by atoms with Gasteiger partial charge in [0.05, 0.1) is 6.54 Å². The topological polar surface area (TPSA) is 51.0 Å². The van der Waals surface area contributed by atoms with Gasteiger partial charge < -0.3 is 9.84 Å². The fourth-order valence-corrected chi connectivity index (χ4v) is 1.53. The number of aromatic nitrogens is 2. The number of hydrogen-bond acceptors (Lipinski definition) is 4. The van der Waals surface area contributed by atoms with Gasteiger partial charge in [-0.3, -0.25) is 0 Å². The molecule has 0 aliphatic carbocycles. The van der Waals surface area contributed by atoms with Crippen LogP contribution in [-0.2, 0) is 6.54 Å². The van der Waals surface area contributed by atoms with Crippen LogP contribution in [0.5, 0.6) is 0 Å². The highest BCUT2D eigenvalue weighted by atomic mass is 16.5. The highest BCUT2D eigenvalue weighted by Gasteiger charge is 2.08. The quantitative estimate of drug-likeness (QED) is 0.784. The molecule has 1 aromatic rings. The Bertz CT molecular complexity index is 285. The lowest BCUT2D eigenvalue weighted by Crippen LogP contribution is -2.27. The molecule has 2 atom stereocenters. The van der Waals surface area contributed by atoms with Crippen LogP contribution in [0.1, 0.15) is 45.3 Å². The maximum atomic E-state index is 4.90. The van der Waals surface area contributed by atoms with E-state index in [0.29, 0.717) is 18.5 Å². The van der Waals surface area contributed by atoms with Crippen LogP contribution in [0.3, 0.4) is 0 Å². The molecule has 0 spiro atoms. The van der Waals surface area contributed by atoms with Crippen LogP contribution >= 0.6 is 0 Å². The molecule has 0 aromatic carbocycles. The van der Waals surface area contributed by atoms with Crippen LogP contribution in [0.25, 0.3) is 0 Å². The Labute approximate surface area is 91.5 Å². The average Bonchev–Trinajstić information content (AvgIpc) is 2.61. The second-order valence-electron chi connectivity index (χ2n) is 4.26. The van der Waals surface area contributed by atoms with Crippen LogP contribution in [0, 0.1) is 12.8 Å². The number of hydrogen-bond donors (Lipinski definition) is 1. The summed E-state index contributed by atoms with van der Waals surface area (Å²) in [5, 5.41) is 7.23. The molecule has 1 heterocycles. The van der Waals surface area contributed by atoms with E-state index in [1.807, 2.05) is 0 Å². The van der Waals surface area contributed by atoms with Gasteiger partial charge in [0, 0.05) is 13.0 Å². The van der Waals surface area contributed by atoms with Gasteiger partial charge in [-0.05, 0) is 19.3 Å². The Morgan fingerprint density at radius 2 is 2.13 bits per heavy atom. The zero-order valence-corrected chi connectivity index (χ0v) is 10.1. The molecular weight excluding hydrogens is 190 g/mol. The molecular formula is C11H21N3O. The first-order valence-corrected chi connectivity index (χ1v) is 5.64. The van der Waals surface area contributed by atoms with E-state index in [1.165, 1.54) is 12.8 Å². The summed E-state index contributed by atoms with van der Waals surface area (Å²) in [6, 6.07) is 0.499. The van der Waals surface area contributed by atoms with E-state index in [1.54, 1.807) is 6.92 Å². The number of aryl methyl sites for hydroxylation is 1. The predicted octanol–water partition coefficient (Wildman–Crippen LogP) is 2.29.